The van der Waals surface area contributed by atoms with Gasteiger partial charge < -0.3 is 10.1 Å². The molecule has 3 aromatic carbocycles. The Balaban J connectivity index is 1.53. The van der Waals surface area contributed by atoms with E-state index >= 15 is 0 Å². The first-order valence-corrected chi connectivity index (χ1v) is 11.8. The van der Waals surface area contributed by atoms with Crippen LogP contribution in [0.2, 0.25) is 0 Å². The minimum atomic E-state index is -0.643. The predicted molar refractivity (Wildman–Crippen MR) is 137 cm³/mol. The number of para-hydroxylation sites is 1. The number of benzene rings is 3. The minimum Gasteiger partial charge on any atom is -0.494 e. The van der Waals surface area contributed by atoms with E-state index in [1.165, 1.54) is 50.1 Å². The predicted octanol–water partition coefficient (Wildman–Crippen LogP) is 6.19. The van der Waals surface area contributed by atoms with Crippen LogP contribution in [-0.4, -0.2) is 24.6 Å². The van der Waals surface area contributed by atoms with E-state index in [4.69, 9.17) is 4.74 Å². The summed E-state index contributed by atoms with van der Waals surface area (Å²) >= 11 is 0. The third-order valence-corrected chi connectivity index (χ3v) is 5.31. The normalized spacial score (nSPS) is 10.8. The fourth-order valence-corrected chi connectivity index (χ4v) is 3.40. The third kappa shape index (κ3) is 8.07. The molecule has 6 nitrogen and oxygen atoms in total. The van der Waals surface area contributed by atoms with Gasteiger partial charge in [0.2, 0.25) is 0 Å². The van der Waals surface area contributed by atoms with Gasteiger partial charge in [0.25, 0.3) is 11.8 Å². The molecule has 2 amide bonds. The number of amides is 2. The second kappa shape index (κ2) is 13.6. The Bertz CT molecular complexity index is 1150. The van der Waals surface area contributed by atoms with Crippen molar-refractivity contribution in [3.05, 3.63) is 95.3 Å². The average Bonchev–Trinajstić information content (AvgIpc) is 2.87. The van der Waals surface area contributed by atoms with Crippen molar-refractivity contribution in [3.63, 3.8) is 0 Å². The number of carbonyl (C=O) groups excluding carboxylic acids is 2. The molecule has 0 fully saturated rings. The van der Waals surface area contributed by atoms with Crippen molar-refractivity contribution in [2.24, 2.45) is 5.10 Å². The van der Waals surface area contributed by atoms with Gasteiger partial charge in [0.1, 0.15) is 11.6 Å². The molecule has 0 aliphatic carbocycles. The van der Waals surface area contributed by atoms with Gasteiger partial charge >= 0.3 is 0 Å². The zero-order valence-corrected chi connectivity index (χ0v) is 19.8. The Kier molecular flexibility index (Phi) is 9.99. The highest BCUT2D eigenvalue weighted by Crippen LogP contribution is 2.17. The number of carbonyl (C=O) groups is 2. The first kappa shape index (κ1) is 25.6. The number of rotatable bonds is 12. The highest BCUT2D eigenvalue weighted by Gasteiger charge is 2.15. The van der Waals surface area contributed by atoms with Gasteiger partial charge in [0.15, 0.2) is 0 Å². The molecule has 0 aliphatic heterocycles. The topological polar surface area (TPSA) is 79.8 Å². The lowest BCUT2D eigenvalue weighted by molar-refractivity contribution is 0.0956. The summed E-state index contributed by atoms with van der Waals surface area (Å²) in [6.07, 6.45) is 7.46. The van der Waals surface area contributed by atoms with E-state index in [-0.39, 0.29) is 16.8 Å². The summed E-state index contributed by atoms with van der Waals surface area (Å²) in [5.74, 6) is -0.995. The summed E-state index contributed by atoms with van der Waals surface area (Å²) in [4.78, 5) is 25.1. The molecular formula is C28H30FN3O3. The first-order valence-electron chi connectivity index (χ1n) is 11.8. The summed E-state index contributed by atoms with van der Waals surface area (Å²) in [6, 6.07) is 19.5. The van der Waals surface area contributed by atoms with E-state index in [0.717, 1.165) is 17.7 Å². The van der Waals surface area contributed by atoms with E-state index in [1.807, 2.05) is 24.3 Å². The smallest absolute Gasteiger partial charge is 0.273 e. The lowest BCUT2D eigenvalue weighted by atomic mass is 10.1. The molecule has 0 atom stereocenters. The number of nitrogens with zero attached hydrogens (tertiary/aromatic N) is 1. The molecule has 0 unspecified atom stereocenters. The molecule has 2 N–H and O–H groups in total. The Morgan fingerprint density at radius 1 is 0.857 bits per heavy atom. The van der Waals surface area contributed by atoms with Crippen LogP contribution in [0.4, 0.5) is 10.1 Å². The van der Waals surface area contributed by atoms with Crippen LogP contribution in [-0.2, 0) is 0 Å². The maximum absolute atomic E-state index is 13.9. The molecule has 0 heterocycles. The van der Waals surface area contributed by atoms with Crippen molar-refractivity contribution in [3.8, 4) is 5.75 Å². The van der Waals surface area contributed by atoms with Gasteiger partial charge in [-0.3, -0.25) is 9.59 Å². The van der Waals surface area contributed by atoms with Gasteiger partial charge in [-0.15, -0.1) is 0 Å². The quantitative estimate of drug-likeness (QED) is 0.186. The van der Waals surface area contributed by atoms with Crippen molar-refractivity contribution < 1.29 is 18.7 Å². The number of unbranched alkanes of at least 4 members (excludes halogenated alkanes) is 4. The van der Waals surface area contributed by atoms with Gasteiger partial charge in [0.05, 0.1) is 29.6 Å². The highest BCUT2D eigenvalue weighted by molar-refractivity contribution is 6.09. The molecule has 0 radical (unpaired) electrons. The maximum atomic E-state index is 13.9. The third-order valence-electron chi connectivity index (χ3n) is 5.31. The number of hydrogen-bond donors (Lipinski definition) is 2. The van der Waals surface area contributed by atoms with Gasteiger partial charge in [-0.2, -0.15) is 5.10 Å². The van der Waals surface area contributed by atoms with Crippen molar-refractivity contribution in [2.75, 3.05) is 11.9 Å². The van der Waals surface area contributed by atoms with Crippen molar-refractivity contribution in [2.45, 2.75) is 39.0 Å². The van der Waals surface area contributed by atoms with Crippen LogP contribution in [0.15, 0.2) is 77.9 Å². The van der Waals surface area contributed by atoms with Crippen molar-refractivity contribution >= 4 is 23.7 Å². The Labute approximate surface area is 205 Å². The summed E-state index contributed by atoms with van der Waals surface area (Å²) in [5.41, 5.74) is 3.61. The van der Waals surface area contributed by atoms with E-state index in [0.29, 0.717) is 6.61 Å². The largest absolute Gasteiger partial charge is 0.494 e. The first-order chi connectivity index (χ1) is 17.1. The molecule has 0 spiro atoms. The summed E-state index contributed by atoms with van der Waals surface area (Å²) in [5, 5.41) is 6.59. The fraction of sp³-hybridized carbons (Fsp3) is 0.250. The van der Waals surface area contributed by atoms with Crippen LogP contribution >= 0.6 is 0 Å². The highest BCUT2D eigenvalue weighted by atomic mass is 19.1. The number of halogens is 1. The van der Waals surface area contributed by atoms with Crippen LogP contribution in [0, 0.1) is 5.82 Å². The Morgan fingerprint density at radius 2 is 1.54 bits per heavy atom. The van der Waals surface area contributed by atoms with Crippen molar-refractivity contribution in [1.82, 2.24) is 5.43 Å². The van der Waals surface area contributed by atoms with Crippen LogP contribution < -0.4 is 15.5 Å². The molecule has 35 heavy (non-hydrogen) atoms. The number of hydrazone groups is 1. The maximum Gasteiger partial charge on any atom is 0.273 e. The molecule has 3 aromatic rings. The number of nitrogens with one attached hydrogen (secondary N) is 2. The molecule has 0 aromatic heterocycles. The standard InChI is InChI=1S/C28H30FN3O3/c1-2-3-4-5-10-19-35-22-17-15-21(16-18-22)20-30-32-28(34)24-12-7-9-14-26(24)31-27(33)23-11-6-8-13-25(23)29/h6-9,11-18,20H,2-5,10,19H2,1H3,(H,31,33)(H,32,34)/b30-20+. The zero-order valence-electron chi connectivity index (χ0n) is 19.8. The second-order valence-electron chi connectivity index (χ2n) is 8.01. The molecule has 0 bridgehead atoms. The molecule has 182 valence electrons. The number of ether oxygens (including phenoxy) is 1. The van der Waals surface area contributed by atoms with E-state index in [9.17, 15) is 14.0 Å². The van der Waals surface area contributed by atoms with Crippen LogP contribution in [0.25, 0.3) is 0 Å². The van der Waals surface area contributed by atoms with Gasteiger partial charge in [-0.1, -0.05) is 56.9 Å². The Hall–Kier alpha value is -4.00. The van der Waals surface area contributed by atoms with Crippen LogP contribution in [0.1, 0.15) is 65.3 Å². The average molecular weight is 476 g/mol. The molecule has 0 saturated heterocycles. The van der Waals surface area contributed by atoms with Crippen molar-refractivity contribution in [1.29, 1.82) is 0 Å². The number of hydrogen-bond acceptors (Lipinski definition) is 4. The molecule has 0 aliphatic rings. The summed E-state index contributed by atoms with van der Waals surface area (Å²) in [7, 11) is 0. The lowest BCUT2D eigenvalue weighted by Gasteiger charge is -2.10. The van der Waals surface area contributed by atoms with E-state index in [1.54, 1.807) is 30.3 Å². The molecule has 0 saturated carbocycles. The van der Waals surface area contributed by atoms with E-state index < -0.39 is 17.6 Å². The van der Waals surface area contributed by atoms with Gasteiger partial charge in [0, 0.05) is 0 Å². The fourth-order valence-electron chi connectivity index (χ4n) is 3.40. The monoisotopic (exact) mass is 475 g/mol. The van der Waals surface area contributed by atoms with Gasteiger partial charge in [-0.25, -0.2) is 9.82 Å². The molecule has 7 heteroatoms. The van der Waals surface area contributed by atoms with Crippen LogP contribution in [0.3, 0.4) is 0 Å². The van der Waals surface area contributed by atoms with E-state index in [2.05, 4.69) is 22.8 Å². The van der Waals surface area contributed by atoms with Gasteiger partial charge in [-0.05, 0) is 60.5 Å². The second-order valence-corrected chi connectivity index (χ2v) is 8.01. The zero-order chi connectivity index (χ0) is 24.9. The molecule has 3 rings (SSSR count). The summed E-state index contributed by atoms with van der Waals surface area (Å²) in [6.45, 7) is 2.89. The SMILES string of the molecule is CCCCCCCOc1ccc(/C=N/NC(=O)c2ccccc2NC(=O)c2ccccc2F)cc1. The lowest BCUT2D eigenvalue weighted by Crippen LogP contribution is -2.21. The number of anilines is 1. The van der Waals surface area contributed by atoms with Crippen LogP contribution in [0.5, 0.6) is 5.75 Å². The minimum absolute atomic E-state index is 0.107. The summed E-state index contributed by atoms with van der Waals surface area (Å²) < 4.78 is 19.7. The molecular weight excluding hydrogens is 445 g/mol. The Morgan fingerprint density at radius 3 is 2.29 bits per heavy atom.